The fourth-order valence-electron chi connectivity index (χ4n) is 1.30. The third kappa shape index (κ3) is 2.45. The number of carbonyl (C=O) groups excluding carboxylic acids is 1. The Balaban J connectivity index is 2.36. The first-order valence-electron chi connectivity index (χ1n) is 4.95. The van der Waals surface area contributed by atoms with Crippen molar-refractivity contribution in [2.45, 2.75) is 6.92 Å². The van der Waals surface area contributed by atoms with Crippen molar-refractivity contribution in [3.63, 3.8) is 0 Å². The Morgan fingerprint density at radius 1 is 1.47 bits per heavy atom. The molecule has 0 saturated carbocycles. The number of ether oxygens (including phenoxy) is 2. The lowest BCUT2D eigenvalue weighted by Crippen LogP contribution is -2.10. The lowest BCUT2D eigenvalue weighted by Gasteiger charge is -2.07. The second kappa shape index (κ2) is 4.97. The van der Waals surface area contributed by atoms with Gasteiger partial charge < -0.3 is 9.47 Å². The fraction of sp³-hybridized carbons (Fsp3) is 0.182. The van der Waals surface area contributed by atoms with Gasteiger partial charge in [-0.15, -0.1) is 0 Å². The van der Waals surface area contributed by atoms with Crippen LogP contribution in [0.3, 0.4) is 0 Å². The maximum atomic E-state index is 11.2. The molecule has 0 aromatic carbocycles. The van der Waals surface area contributed by atoms with Crippen molar-refractivity contribution in [2.24, 2.45) is 0 Å². The van der Waals surface area contributed by atoms with Crippen LogP contribution < -0.4 is 4.74 Å². The van der Waals surface area contributed by atoms with Gasteiger partial charge in [0.15, 0.2) is 5.75 Å². The zero-order valence-electron chi connectivity index (χ0n) is 9.01. The molecule has 0 aliphatic heterocycles. The molecule has 17 heavy (non-hydrogen) atoms. The molecule has 0 spiro atoms. The highest BCUT2D eigenvalue weighted by molar-refractivity contribution is 6.36. The van der Waals surface area contributed by atoms with Gasteiger partial charge in [0, 0.05) is 11.6 Å². The van der Waals surface area contributed by atoms with E-state index in [2.05, 4.69) is 14.7 Å². The number of hydrogen-bond donors (Lipinski definition) is 0. The molecule has 0 radical (unpaired) electrons. The predicted molar refractivity (Wildman–Crippen MR) is 62.2 cm³/mol. The van der Waals surface area contributed by atoms with E-state index in [1.807, 2.05) is 0 Å². The Bertz CT molecular complexity index is 559. The van der Waals surface area contributed by atoms with E-state index >= 15 is 0 Å². The highest BCUT2D eigenvalue weighted by atomic mass is 35.5. The van der Waals surface area contributed by atoms with E-state index in [0.29, 0.717) is 15.9 Å². The van der Waals surface area contributed by atoms with Crippen molar-refractivity contribution in [1.82, 2.24) is 9.97 Å². The Hall–Kier alpha value is -1.88. The Morgan fingerprint density at radius 3 is 3.06 bits per heavy atom. The summed E-state index contributed by atoms with van der Waals surface area (Å²) in [6.45, 7) is 1.93. The van der Waals surface area contributed by atoms with E-state index in [0.717, 1.165) is 0 Å². The predicted octanol–water partition coefficient (Wildman–Crippen LogP) is 2.82. The number of rotatable bonds is 2. The first-order chi connectivity index (χ1) is 8.22. The minimum atomic E-state index is -0.801. The van der Waals surface area contributed by atoms with E-state index in [4.69, 9.17) is 16.3 Å². The average Bonchev–Trinajstić information content (AvgIpc) is 2.33. The topological polar surface area (TPSA) is 61.3 Å². The maximum absolute atomic E-state index is 11.2. The van der Waals surface area contributed by atoms with Gasteiger partial charge in [-0.3, -0.25) is 9.97 Å². The number of pyridine rings is 2. The van der Waals surface area contributed by atoms with E-state index in [1.54, 1.807) is 25.4 Å². The summed E-state index contributed by atoms with van der Waals surface area (Å²) in [5.74, 6) is 0.170. The summed E-state index contributed by atoms with van der Waals surface area (Å²) >= 11 is 6.09. The molecule has 0 unspecified atom stereocenters. The van der Waals surface area contributed by atoms with Crippen LogP contribution in [0.5, 0.6) is 5.75 Å². The minimum Gasteiger partial charge on any atom is -0.434 e. The summed E-state index contributed by atoms with van der Waals surface area (Å²) in [5.41, 5.74) is 0.633. The van der Waals surface area contributed by atoms with Gasteiger partial charge in [0.05, 0.1) is 29.5 Å². The molecule has 0 atom stereocenters. The third-order valence-corrected chi connectivity index (χ3v) is 2.42. The summed E-state index contributed by atoms with van der Waals surface area (Å²) in [4.78, 5) is 19.2. The lowest BCUT2D eigenvalue weighted by atomic mass is 10.2. The molecule has 0 amide bonds. The highest BCUT2D eigenvalue weighted by Crippen LogP contribution is 2.30. The van der Waals surface area contributed by atoms with Crippen molar-refractivity contribution in [1.29, 1.82) is 0 Å². The second-order valence-electron chi connectivity index (χ2n) is 3.11. The summed E-state index contributed by atoms with van der Waals surface area (Å²) in [6.07, 6.45) is 3.73. The van der Waals surface area contributed by atoms with Crippen LogP contribution in [0.15, 0.2) is 24.7 Å². The summed E-state index contributed by atoms with van der Waals surface area (Å²) in [5, 5.41) is 0.980. The van der Waals surface area contributed by atoms with E-state index in [9.17, 15) is 4.79 Å². The molecule has 2 aromatic rings. The van der Waals surface area contributed by atoms with Crippen LogP contribution in [0.4, 0.5) is 4.79 Å². The molecule has 0 aliphatic rings. The summed E-state index contributed by atoms with van der Waals surface area (Å²) < 4.78 is 9.57. The third-order valence-electron chi connectivity index (χ3n) is 2.03. The van der Waals surface area contributed by atoms with Gasteiger partial charge in [-0.25, -0.2) is 4.79 Å². The number of carbonyl (C=O) groups is 1. The summed E-state index contributed by atoms with van der Waals surface area (Å²) in [7, 11) is 0. The number of fused-ring (bicyclic) bond motifs is 1. The number of halogens is 1. The first kappa shape index (κ1) is 11.6. The number of hydrogen-bond acceptors (Lipinski definition) is 5. The van der Waals surface area contributed by atoms with Crippen molar-refractivity contribution in [3.8, 4) is 5.75 Å². The van der Waals surface area contributed by atoms with Crippen LogP contribution in [0.2, 0.25) is 5.02 Å². The second-order valence-corrected chi connectivity index (χ2v) is 3.49. The van der Waals surface area contributed by atoms with Crippen molar-refractivity contribution < 1.29 is 14.3 Å². The first-order valence-corrected chi connectivity index (χ1v) is 5.33. The van der Waals surface area contributed by atoms with E-state index in [-0.39, 0.29) is 12.4 Å². The fourth-order valence-corrected chi connectivity index (χ4v) is 1.55. The molecule has 88 valence electrons. The van der Waals surface area contributed by atoms with Gasteiger partial charge in [0.1, 0.15) is 0 Å². The molecule has 2 heterocycles. The zero-order chi connectivity index (χ0) is 12.3. The molecule has 2 rings (SSSR count). The van der Waals surface area contributed by atoms with Crippen LogP contribution in [-0.2, 0) is 4.74 Å². The lowest BCUT2D eigenvalue weighted by molar-refractivity contribution is 0.104. The smallest absolute Gasteiger partial charge is 0.434 e. The Morgan fingerprint density at radius 2 is 2.29 bits per heavy atom. The molecular formula is C11H9ClN2O3. The Labute approximate surface area is 102 Å². The monoisotopic (exact) mass is 252 g/mol. The summed E-state index contributed by atoms with van der Waals surface area (Å²) in [6, 6.07) is 1.70. The van der Waals surface area contributed by atoms with E-state index in [1.165, 1.54) is 6.20 Å². The van der Waals surface area contributed by atoms with E-state index < -0.39 is 6.16 Å². The van der Waals surface area contributed by atoms with Gasteiger partial charge in [0.2, 0.25) is 0 Å². The number of aromatic nitrogens is 2. The molecule has 0 bridgehead atoms. The zero-order valence-corrected chi connectivity index (χ0v) is 9.77. The molecule has 0 fully saturated rings. The number of nitrogens with zero attached hydrogens (tertiary/aromatic N) is 2. The van der Waals surface area contributed by atoms with Crippen molar-refractivity contribution >= 4 is 28.7 Å². The van der Waals surface area contributed by atoms with Gasteiger partial charge in [0.25, 0.3) is 0 Å². The van der Waals surface area contributed by atoms with Crippen molar-refractivity contribution in [2.75, 3.05) is 6.61 Å². The molecule has 6 heteroatoms. The SMILES string of the molecule is CCOC(=O)Oc1cnc2cnccc2c1Cl. The van der Waals surface area contributed by atoms with Gasteiger partial charge >= 0.3 is 6.16 Å². The average molecular weight is 253 g/mol. The normalized spacial score (nSPS) is 10.2. The van der Waals surface area contributed by atoms with Crippen LogP contribution in [0, 0.1) is 0 Å². The van der Waals surface area contributed by atoms with Gasteiger partial charge in [-0.2, -0.15) is 0 Å². The van der Waals surface area contributed by atoms with Crippen molar-refractivity contribution in [3.05, 3.63) is 29.7 Å². The van der Waals surface area contributed by atoms with Crippen LogP contribution in [0.1, 0.15) is 6.92 Å². The standard InChI is InChI=1S/C11H9ClN2O3/c1-2-16-11(15)17-9-6-14-8-5-13-4-3-7(8)10(9)12/h3-6H,2H2,1H3. The molecule has 0 saturated heterocycles. The largest absolute Gasteiger partial charge is 0.513 e. The molecule has 2 aromatic heterocycles. The molecular weight excluding hydrogens is 244 g/mol. The molecule has 5 nitrogen and oxygen atoms in total. The molecule has 0 aliphatic carbocycles. The minimum absolute atomic E-state index is 0.170. The van der Waals surface area contributed by atoms with Crippen LogP contribution >= 0.6 is 11.6 Å². The quantitative estimate of drug-likeness (QED) is 0.769. The van der Waals surface area contributed by atoms with Crippen LogP contribution in [-0.4, -0.2) is 22.7 Å². The van der Waals surface area contributed by atoms with Crippen LogP contribution in [0.25, 0.3) is 10.9 Å². The Kier molecular flexibility index (Phi) is 3.39. The highest BCUT2D eigenvalue weighted by Gasteiger charge is 2.12. The molecule has 0 N–H and O–H groups in total. The van der Waals surface area contributed by atoms with Gasteiger partial charge in [-0.1, -0.05) is 11.6 Å². The van der Waals surface area contributed by atoms with Gasteiger partial charge in [-0.05, 0) is 13.0 Å². The maximum Gasteiger partial charge on any atom is 0.513 e.